The van der Waals surface area contributed by atoms with Crippen LogP contribution in [0.15, 0.2) is 36.4 Å². The summed E-state index contributed by atoms with van der Waals surface area (Å²) < 4.78 is 1.49. The standard InChI is InChI=1S/C24H31N5O3/c1-24(23(32)26-18-11-7-4-8-12-18)16-29-20(22(31)28(24)2)15-19(27-29)21(30)25-14-13-17-9-5-3-6-10-17/h3,5-6,9-10,15,18H,4,7-8,11-14,16H2,1-2H3,(H,25,30)(H,26,32)/t24-/m0/s1. The molecule has 2 aromatic rings. The van der Waals surface area contributed by atoms with Gasteiger partial charge >= 0.3 is 0 Å². The van der Waals surface area contributed by atoms with E-state index >= 15 is 0 Å². The molecule has 2 aliphatic rings. The fraction of sp³-hybridized carbons (Fsp3) is 0.500. The zero-order valence-corrected chi connectivity index (χ0v) is 18.8. The maximum Gasteiger partial charge on any atom is 0.272 e. The number of hydrogen-bond acceptors (Lipinski definition) is 4. The summed E-state index contributed by atoms with van der Waals surface area (Å²) in [5.41, 5.74) is 0.582. The van der Waals surface area contributed by atoms with Crippen LogP contribution in [0.5, 0.6) is 0 Å². The molecule has 170 valence electrons. The number of hydrogen-bond donors (Lipinski definition) is 2. The molecule has 3 amide bonds. The highest BCUT2D eigenvalue weighted by molar-refractivity contribution is 6.01. The summed E-state index contributed by atoms with van der Waals surface area (Å²) in [5.74, 6) is -0.810. The topological polar surface area (TPSA) is 96.3 Å². The van der Waals surface area contributed by atoms with Crippen molar-refractivity contribution in [2.45, 2.75) is 63.6 Å². The van der Waals surface area contributed by atoms with Crippen LogP contribution in [-0.2, 0) is 17.8 Å². The summed E-state index contributed by atoms with van der Waals surface area (Å²) in [5, 5.41) is 10.4. The van der Waals surface area contributed by atoms with Crippen molar-refractivity contribution in [1.82, 2.24) is 25.3 Å². The second-order valence-corrected chi connectivity index (χ2v) is 9.01. The van der Waals surface area contributed by atoms with Crippen LogP contribution < -0.4 is 10.6 Å². The Morgan fingerprint density at radius 1 is 1.16 bits per heavy atom. The number of amides is 3. The molecule has 0 spiro atoms. The molecule has 2 heterocycles. The lowest BCUT2D eigenvalue weighted by atomic mass is 9.92. The molecule has 2 N–H and O–H groups in total. The molecule has 1 fully saturated rings. The highest BCUT2D eigenvalue weighted by atomic mass is 16.2. The molecule has 8 nitrogen and oxygen atoms in total. The molecule has 0 saturated heterocycles. The number of aromatic nitrogens is 2. The Balaban J connectivity index is 1.43. The van der Waals surface area contributed by atoms with Crippen LogP contribution in [0.1, 0.15) is 65.6 Å². The molecule has 4 rings (SSSR count). The molecule has 8 heteroatoms. The molecule has 1 saturated carbocycles. The average molecular weight is 438 g/mol. The largest absolute Gasteiger partial charge is 0.351 e. The number of benzene rings is 1. The number of nitrogens with zero attached hydrogens (tertiary/aromatic N) is 3. The van der Waals surface area contributed by atoms with Crippen LogP contribution in [0.4, 0.5) is 0 Å². The van der Waals surface area contributed by atoms with Gasteiger partial charge in [-0.3, -0.25) is 19.1 Å². The van der Waals surface area contributed by atoms with Crippen molar-refractivity contribution >= 4 is 17.7 Å². The lowest BCUT2D eigenvalue weighted by Crippen LogP contribution is -2.63. The van der Waals surface area contributed by atoms with E-state index in [-0.39, 0.29) is 36.0 Å². The molecule has 0 bridgehead atoms. The number of likely N-dealkylation sites (N-methyl/N-ethyl adjacent to an activating group) is 1. The maximum atomic E-state index is 13.1. The predicted octanol–water partition coefficient (Wildman–Crippen LogP) is 2.15. The second-order valence-electron chi connectivity index (χ2n) is 9.01. The highest BCUT2D eigenvalue weighted by Crippen LogP contribution is 2.27. The predicted molar refractivity (Wildman–Crippen MR) is 120 cm³/mol. The van der Waals surface area contributed by atoms with Crippen molar-refractivity contribution in [1.29, 1.82) is 0 Å². The minimum atomic E-state index is -1.06. The summed E-state index contributed by atoms with van der Waals surface area (Å²) >= 11 is 0. The van der Waals surface area contributed by atoms with E-state index in [1.165, 1.54) is 22.1 Å². The summed E-state index contributed by atoms with van der Waals surface area (Å²) in [6.45, 7) is 2.44. The summed E-state index contributed by atoms with van der Waals surface area (Å²) in [7, 11) is 1.64. The van der Waals surface area contributed by atoms with Gasteiger partial charge in [0.25, 0.3) is 11.8 Å². The van der Waals surface area contributed by atoms with E-state index in [0.29, 0.717) is 18.7 Å². The van der Waals surface area contributed by atoms with Crippen LogP contribution in [0.3, 0.4) is 0 Å². The molecule has 1 aromatic heterocycles. The zero-order valence-electron chi connectivity index (χ0n) is 18.8. The van der Waals surface area contributed by atoms with Crippen molar-refractivity contribution in [2.75, 3.05) is 13.6 Å². The first-order chi connectivity index (χ1) is 15.4. The molecule has 1 aliphatic carbocycles. The number of carbonyl (C=O) groups is 3. The number of carbonyl (C=O) groups excluding carboxylic acids is 3. The van der Waals surface area contributed by atoms with Crippen LogP contribution in [0.25, 0.3) is 0 Å². The van der Waals surface area contributed by atoms with Crippen molar-refractivity contribution in [3.63, 3.8) is 0 Å². The Bertz CT molecular complexity index is 996. The Kier molecular flexibility index (Phi) is 6.30. The Morgan fingerprint density at radius 3 is 2.59 bits per heavy atom. The van der Waals surface area contributed by atoms with Crippen LogP contribution >= 0.6 is 0 Å². The minimum Gasteiger partial charge on any atom is -0.351 e. The molecule has 32 heavy (non-hydrogen) atoms. The third-order valence-electron chi connectivity index (χ3n) is 6.71. The summed E-state index contributed by atoms with van der Waals surface area (Å²) in [4.78, 5) is 40.2. The molecule has 1 aliphatic heterocycles. The first-order valence-electron chi connectivity index (χ1n) is 11.4. The van der Waals surface area contributed by atoms with Gasteiger partial charge in [0.15, 0.2) is 5.69 Å². The second kappa shape index (κ2) is 9.14. The number of fused-ring (bicyclic) bond motifs is 1. The molecular weight excluding hydrogens is 406 g/mol. The van der Waals surface area contributed by atoms with E-state index < -0.39 is 5.54 Å². The zero-order chi connectivity index (χ0) is 22.7. The van der Waals surface area contributed by atoms with E-state index in [0.717, 1.165) is 31.2 Å². The van der Waals surface area contributed by atoms with Gasteiger partial charge in [-0.1, -0.05) is 49.6 Å². The summed E-state index contributed by atoms with van der Waals surface area (Å²) in [6, 6.07) is 11.6. The van der Waals surface area contributed by atoms with Gasteiger partial charge in [0.1, 0.15) is 11.2 Å². The molecule has 0 radical (unpaired) electrons. The number of nitrogens with one attached hydrogen (secondary N) is 2. The van der Waals surface area contributed by atoms with Gasteiger partial charge in [-0.15, -0.1) is 0 Å². The Labute approximate surface area is 188 Å². The lowest BCUT2D eigenvalue weighted by Gasteiger charge is -2.41. The molecule has 1 aromatic carbocycles. The molecule has 0 unspecified atom stereocenters. The Morgan fingerprint density at radius 2 is 1.88 bits per heavy atom. The van der Waals surface area contributed by atoms with Crippen molar-refractivity contribution < 1.29 is 14.4 Å². The van der Waals surface area contributed by atoms with Crippen LogP contribution in [-0.4, -0.2) is 57.6 Å². The Hall–Kier alpha value is -3.16. The van der Waals surface area contributed by atoms with Crippen LogP contribution in [0, 0.1) is 0 Å². The van der Waals surface area contributed by atoms with Gasteiger partial charge in [-0.2, -0.15) is 5.10 Å². The van der Waals surface area contributed by atoms with E-state index in [4.69, 9.17) is 0 Å². The van der Waals surface area contributed by atoms with E-state index in [1.807, 2.05) is 30.3 Å². The quantitative estimate of drug-likeness (QED) is 0.724. The lowest BCUT2D eigenvalue weighted by molar-refractivity contribution is -0.133. The maximum absolute atomic E-state index is 13.1. The van der Waals surface area contributed by atoms with Gasteiger partial charge in [0, 0.05) is 25.7 Å². The fourth-order valence-electron chi connectivity index (χ4n) is 4.48. The summed E-state index contributed by atoms with van der Waals surface area (Å²) in [6.07, 6.45) is 6.08. The van der Waals surface area contributed by atoms with Gasteiger partial charge in [0.05, 0.1) is 6.54 Å². The third-order valence-corrected chi connectivity index (χ3v) is 6.71. The van der Waals surface area contributed by atoms with Gasteiger partial charge in [-0.05, 0) is 31.7 Å². The SMILES string of the molecule is CN1C(=O)c2cc(C(=O)NCCc3ccccc3)nn2C[C@@]1(C)C(=O)NC1CCCCC1. The first kappa shape index (κ1) is 22.0. The van der Waals surface area contributed by atoms with Crippen molar-refractivity contribution in [2.24, 2.45) is 0 Å². The van der Waals surface area contributed by atoms with Crippen molar-refractivity contribution in [3.8, 4) is 0 Å². The highest BCUT2D eigenvalue weighted by Gasteiger charge is 2.46. The van der Waals surface area contributed by atoms with Crippen LogP contribution in [0.2, 0.25) is 0 Å². The molecular formula is C24H31N5O3. The fourth-order valence-corrected chi connectivity index (χ4v) is 4.48. The average Bonchev–Trinajstić information content (AvgIpc) is 3.23. The van der Waals surface area contributed by atoms with Gasteiger partial charge < -0.3 is 15.5 Å². The smallest absolute Gasteiger partial charge is 0.272 e. The van der Waals surface area contributed by atoms with E-state index in [9.17, 15) is 14.4 Å². The van der Waals surface area contributed by atoms with E-state index in [1.54, 1.807) is 14.0 Å². The first-order valence-corrected chi connectivity index (χ1v) is 11.4. The normalized spacial score (nSPS) is 21.2. The number of rotatable bonds is 6. The van der Waals surface area contributed by atoms with Gasteiger partial charge in [-0.25, -0.2) is 0 Å². The van der Waals surface area contributed by atoms with Gasteiger partial charge in [0.2, 0.25) is 5.91 Å². The monoisotopic (exact) mass is 437 g/mol. The van der Waals surface area contributed by atoms with E-state index in [2.05, 4.69) is 15.7 Å². The minimum absolute atomic E-state index is 0.154. The van der Waals surface area contributed by atoms with Crippen molar-refractivity contribution in [3.05, 3.63) is 53.3 Å². The molecule has 1 atom stereocenters. The third kappa shape index (κ3) is 4.40.